The number of hydrogen-bond donors (Lipinski definition) is 2. The molecule has 3 amide bonds. The maximum atomic E-state index is 13.7. The van der Waals surface area contributed by atoms with Crippen LogP contribution in [0.25, 0.3) is 0 Å². The van der Waals surface area contributed by atoms with E-state index in [4.69, 9.17) is 11.2 Å². The molecule has 0 fully saturated rings. The number of nitrogens with zero attached hydrogens (tertiary/aromatic N) is 1. The Bertz CT molecular complexity index is 1110. The monoisotopic (exact) mass is 491 g/mol. The first-order valence-corrected chi connectivity index (χ1v) is 12.0. The molecule has 192 valence electrons. The van der Waals surface area contributed by atoms with E-state index in [1.165, 1.54) is 0 Å². The third-order valence-electron chi connectivity index (χ3n) is 5.52. The van der Waals surface area contributed by atoms with E-state index in [2.05, 4.69) is 16.7 Å². The Balaban J connectivity index is 2.42. The number of amides is 3. The first-order chi connectivity index (χ1) is 16.8. The summed E-state index contributed by atoms with van der Waals surface area (Å²) in [6.07, 6.45) is 5.11. The Morgan fingerprint density at radius 1 is 1.06 bits per heavy atom. The minimum Gasteiger partial charge on any atom is -0.444 e. The molecule has 36 heavy (non-hydrogen) atoms. The van der Waals surface area contributed by atoms with Crippen LogP contribution in [-0.4, -0.2) is 34.5 Å². The van der Waals surface area contributed by atoms with Gasteiger partial charge in [-0.15, -0.1) is 0 Å². The van der Waals surface area contributed by atoms with Crippen molar-refractivity contribution in [3.8, 4) is 12.5 Å². The summed E-state index contributed by atoms with van der Waals surface area (Å²) in [7, 11) is 0. The maximum Gasteiger partial charge on any atom is 0.408 e. The number of carbonyl (C=O) groups excluding carboxylic acids is 3. The van der Waals surface area contributed by atoms with E-state index in [-0.39, 0.29) is 12.5 Å². The highest BCUT2D eigenvalue weighted by Crippen LogP contribution is 2.27. The molecule has 0 heterocycles. The zero-order chi connectivity index (χ0) is 27.0. The van der Waals surface area contributed by atoms with Gasteiger partial charge in [0.1, 0.15) is 17.7 Å². The van der Waals surface area contributed by atoms with Gasteiger partial charge >= 0.3 is 6.09 Å². The Kier molecular flexibility index (Phi) is 9.68. The summed E-state index contributed by atoms with van der Waals surface area (Å²) in [6, 6.07) is 15.4. The topological polar surface area (TPSA) is 87.7 Å². The molecule has 0 aromatic heterocycles. The first-order valence-electron chi connectivity index (χ1n) is 12.0. The van der Waals surface area contributed by atoms with E-state index in [0.717, 1.165) is 21.6 Å². The Hall–Kier alpha value is -3.79. The zero-order valence-corrected chi connectivity index (χ0v) is 22.2. The molecule has 0 saturated heterocycles. The third kappa shape index (κ3) is 7.88. The molecule has 2 N–H and O–H groups in total. The zero-order valence-electron chi connectivity index (χ0n) is 22.2. The van der Waals surface area contributed by atoms with Crippen LogP contribution in [0.3, 0.4) is 0 Å². The molecule has 0 saturated carbocycles. The van der Waals surface area contributed by atoms with Crippen LogP contribution in [0.5, 0.6) is 0 Å². The van der Waals surface area contributed by atoms with E-state index in [1.807, 2.05) is 56.3 Å². The standard InChI is InChI=1S/C29H37N3O4/c1-9-32(27(34)24(19(2)3)31-28(35)36-29(6,7)8)25(23-16-15-20(4)17-21(23)5)26(33)30-18-22-13-11-10-12-14-22/h1,10-17,19,24-25H,18H2,2-8H3,(H,30,33)(H,31,35). The number of benzene rings is 2. The first kappa shape index (κ1) is 28.4. The maximum absolute atomic E-state index is 13.7. The van der Waals surface area contributed by atoms with Crippen LogP contribution in [0.15, 0.2) is 48.5 Å². The van der Waals surface area contributed by atoms with Gasteiger partial charge in [0, 0.05) is 12.6 Å². The van der Waals surface area contributed by atoms with Crippen molar-refractivity contribution in [2.75, 3.05) is 0 Å². The molecule has 0 spiro atoms. The quantitative estimate of drug-likeness (QED) is 0.416. The fraction of sp³-hybridized carbons (Fsp3) is 0.414. The molecule has 0 aliphatic heterocycles. The highest BCUT2D eigenvalue weighted by Gasteiger charge is 2.37. The second kappa shape index (κ2) is 12.3. The number of aryl methyl sites for hydroxylation is 2. The Morgan fingerprint density at radius 2 is 1.69 bits per heavy atom. The van der Waals surface area contributed by atoms with Crippen molar-refractivity contribution in [1.82, 2.24) is 15.5 Å². The predicted molar refractivity (Wildman–Crippen MR) is 141 cm³/mol. The van der Waals surface area contributed by atoms with Gasteiger partial charge in [0.05, 0.1) is 0 Å². The van der Waals surface area contributed by atoms with Crippen LogP contribution < -0.4 is 10.6 Å². The highest BCUT2D eigenvalue weighted by molar-refractivity contribution is 5.93. The van der Waals surface area contributed by atoms with Crippen LogP contribution in [0.4, 0.5) is 4.79 Å². The molecule has 0 aliphatic rings. The minimum absolute atomic E-state index is 0.275. The number of terminal acetylenes is 1. The molecular formula is C29H37N3O4. The summed E-state index contributed by atoms with van der Waals surface area (Å²) in [5.41, 5.74) is 2.63. The molecule has 2 aromatic carbocycles. The van der Waals surface area contributed by atoms with Gasteiger partial charge in [0.15, 0.2) is 0 Å². The lowest BCUT2D eigenvalue weighted by Gasteiger charge is -2.32. The summed E-state index contributed by atoms with van der Waals surface area (Å²) < 4.78 is 5.34. The molecule has 2 aromatic rings. The number of carbonyl (C=O) groups is 3. The summed E-state index contributed by atoms with van der Waals surface area (Å²) in [4.78, 5) is 40.8. The fourth-order valence-electron chi connectivity index (χ4n) is 3.78. The highest BCUT2D eigenvalue weighted by atomic mass is 16.6. The Labute approximate surface area is 214 Å². The molecular weight excluding hydrogens is 454 g/mol. The van der Waals surface area contributed by atoms with E-state index in [9.17, 15) is 14.4 Å². The molecule has 2 unspecified atom stereocenters. The van der Waals surface area contributed by atoms with E-state index in [1.54, 1.807) is 40.7 Å². The number of hydrogen-bond acceptors (Lipinski definition) is 4. The van der Waals surface area contributed by atoms with Crippen molar-refractivity contribution in [3.05, 3.63) is 70.8 Å². The normalized spacial score (nSPS) is 12.8. The average molecular weight is 492 g/mol. The van der Waals surface area contributed by atoms with Crippen molar-refractivity contribution < 1.29 is 19.1 Å². The van der Waals surface area contributed by atoms with E-state index < -0.39 is 35.6 Å². The predicted octanol–water partition coefficient (Wildman–Crippen LogP) is 4.63. The number of nitrogens with one attached hydrogen (secondary N) is 2. The number of rotatable bonds is 8. The van der Waals surface area contributed by atoms with Gasteiger partial charge in [-0.3, -0.25) is 14.5 Å². The summed E-state index contributed by atoms with van der Waals surface area (Å²) in [6.45, 7) is 12.9. The van der Waals surface area contributed by atoms with Crippen molar-refractivity contribution in [1.29, 1.82) is 0 Å². The smallest absolute Gasteiger partial charge is 0.408 e. The molecule has 2 rings (SSSR count). The van der Waals surface area contributed by atoms with Crippen molar-refractivity contribution >= 4 is 17.9 Å². The van der Waals surface area contributed by atoms with Crippen LogP contribution in [0, 0.1) is 32.2 Å². The van der Waals surface area contributed by atoms with E-state index >= 15 is 0 Å². The lowest BCUT2D eigenvalue weighted by molar-refractivity contribution is -0.139. The van der Waals surface area contributed by atoms with Gasteiger partial charge in [-0.05, 0) is 57.2 Å². The van der Waals surface area contributed by atoms with Crippen LogP contribution in [0.1, 0.15) is 62.9 Å². The fourth-order valence-corrected chi connectivity index (χ4v) is 3.78. The third-order valence-corrected chi connectivity index (χ3v) is 5.52. The van der Waals surface area contributed by atoms with Gasteiger partial charge < -0.3 is 15.4 Å². The van der Waals surface area contributed by atoms with Crippen LogP contribution in [0.2, 0.25) is 0 Å². The lowest BCUT2D eigenvalue weighted by Crippen LogP contribution is -2.53. The van der Waals surface area contributed by atoms with Crippen LogP contribution in [-0.2, 0) is 20.9 Å². The van der Waals surface area contributed by atoms with E-state index in [0.29, 0.717) is 5.56 Å². The average Bonchev–Trinajstić information content (AvgIpc) is 2.79. The molecule has 0 radical (unpaired) electrons. The van der Waals surface area contributed by atoms with Gasteiger partial charge in [-0.1, -0.05) is 74.4 Å². The summed E-state index contributed by atoms with van der Waals surface area (Å²) >= 11 is 0. The number of ether oxygens (including phenoxy) is 1. The minimum atomic E-state index is -1.09. The van der Waals surface area contributed by atoms with Crippen molar-refractivity contribution in [2.24, 2.45) is 5.92 Å². The molecule has 0 aliphatic carbocycles. The molecule has 7 heteroatoms. The van der Waals surface area contributed by atoms with Gasteiger partial charge in [-0.2, -0.15) is 0 Å². The second-order valence-corrected chi connectivity index (χ2v) is 10.2. The molecule has 0 bridgehead atoms. The second-order valence-electron chi connectivity index (χ2n) is 10.2. The lowest BCUT2D eigenvalue weighted by atomic mass is 9.95. The van der Waals surface area contributed by atoms with Crippen LogP contribution >= 0.6 is 0 Å². The van der Waals surface area contributed by atoms with Gasteiger partial charge in [0.2, 0.25) is 5.91 Å². The summed E-state index contributed by atoms with van der Waals surface area (Å²) in [5.74, 6) is -1.30. The summed E-state index contributed by atoms with van der Waals surface area (Å²) in [5, 5.41) is 5.54. The van der Waals surface area contributed by atoms with Crippen molar-refractivity contribution in [2.45, 2.75) is 72.7 Å². The number of alkyl carbamates (subject to hydrolysis) is 1. The molecule has 7 nitrogen and oxygen atoms in total. The van der Waals surface area contributed by atoms with Gasteiger partial charge in [0.25, 0.3) is 5.91 Å². The largest absolute Gasteiger partial charge is 0.444 e. The van der Waals surface area contributed by atoms with Crippen molar-refractivity contribution in [3.63, 3.8) is 0 Å². The SMILES string of the molecule is C#CN(C(=O)C(NC(=O)OC(C)(C)C)C(C)C)C(C(=O)NCc1ccccc1)c1ccc(C)cc1C. The molecule has 2 atom stereocenters. The van der Waals surface area contributed by atoms with Gasteiger partial charge in [-0.25, -0.2) is 4.79 Å². The Morgan fingerprint density at radius 3 is 2.22 bits per heavy atom.